The molecule has 92 valence electrons. The normalized spacial score (nSPS) is 10.7. The van der Waals surface area contributed by atoms with Crippen molar-refractivity contribution in [2.24, 2.45) is 5.16 Å². The molecule has 2 rings (SSSR count). The second kappa shape index (κ2) is 5.87. The molecule has 0 saturated heterocycles. The molecule has 2 aromatic carbocycles. The highest BCUT2D eigenvalue weighted by molar-refractivity contribution is 5.79. The molecule has 3 nitrogen and oxygen atoms in total. The first-order valence-electron chi connectivity index (χ1n) is 5.74. The molecule has 0 amide bonds. The summed E-state index contributed by atoms with van der Waals surface area (Å²) >= 11 is 0. The van der Waals surface area contributed by atoms with Crippen molar-refractivity contribution >= 4 is 6.21 Å². The van der Waals surface area contributed by atoms with Crippen LogP contribution in [0.4, 0.5) is 0 Å². The highest BCUT2D eigenvalue weighted by atomic mass is 16.5. The second-order valence-electron chi connectivity index (χ2n) is 4.09. The van der Waals surface area contributed by atoms with Gasteiger partial charge in [0.25, 0.3) is 0 Å². The first-order chi connectivity index (χ1) is 8.78. The number of ether oxygens (including phenoxy) is 1. The van der Waals surface area contributed by atoms with Crippen molar-refractivity contribution in [2.45, 2.75) is 13.5 Å². The molecular weight excluding hydrogens is 226 g/mol. The van der Waals surface area contributed by atoms with Gasteiger partial charge < -0.3 is 9.94 Å². The molecule has 3 heteroatoms. The van der Waals surface area contributed by atoms with Crippen molar-refractivity contribution in [3.63, 3.8) is 0 Å². The van der Waals surface area contributed by atoms with Crippen molar-refractivity contribution in [1.82, 2.24) is 0 Å². The Morgan fingerprint density at radius 1 is 1.17 bits per heavy atom. The SMILES string of the molecule is Cc1cccc(COc2cccc(C=NO)c2)c1. The fourth-order valence-electron chi connectivity index (χ4n) is 1.72. The number of hydrogen-bond donors (Lipinski definition) is 1. The summed E-state index contributed by atoms with van der Waals surface area (Å²) < 4.78 is 5.69. The smallest absolute Gasteiger partial charge is 0.120 e. The quantitative estimate of drug-likeness (QED) is 0.506. The van der Waals surface area contributed by atoms with Crippen molar-refractivity contribution in [2.75, 3.05) is 0 Å². The van der Waals surface area contributed by atoms with Gasteiger partial charge in [-0.05, 0) is 30.2 Å². The number of rotatable bonds is 4. The molecule has 2 aromatic rings. The van der Waals surface area contributed by atoms with Crippen LogP contribution in [0.3, 0.4) is 0 Å². The van der Waals surface area contributed by atoms with Crippen molar-refractivity contribution in [1.29, 1.82) is 0 Å². The molecule has 18 heavy (non-hydrogen) atoms. The molecule has 0 aliphatic rings. The zero-order valence-corrected chi connectivity index (χ0v) is 10.2. The number of nitrogens with zero attached hydrogens (tertiary/aromatic N) is 1. The topological polar surface area (TPSA) is 41.8 Å². The molecule has 0 aliphatic carbocycles. The van der Waals surface area contributed by atoms with E-state index in [4.69, 9.17) is 9.94 Å². The van der Waals surface area contributed by atoms with E-state index in [0.29, 0.717) is 6.61 Å². The van der Waals surface area contributed by atoms with Gasteiger partial charge in [-0.3, -0.25) is 0 Å². The number of hydrogen-bond acceptors (Lipinski definition) is 3. The summed E-state index contributed by atoms with van der Waals surface area (Å²) in [6.07, 6.45) is 1.37. The standard InChI is InChI=1S/C15H15NO2/c1-12-4-2-6-14(8-12)11-18-15-7-3-5-13(9-15)10-16-17/h2-10,17H,11H2,1H3. The van der Waals surface area contributed by atoms with Gasteiger partial charge in [-0.25, -0.2) is 0 Å². The number of oxime groups is 1. The Labute approximate surface area is 106 Å². The summed E-state index contributed by atoms with van der Waals surface area (Å²) in [6, 6.07) is 15.6. The van der Waals surface area contributed by atoms with Crippen LogP contribution in [0.25, 0.3) is 0 Å². The van der Waals surface area contributed by atoms with Crippen LogP contribution in [0.1, 0.15) is 16.7 Å². The van der Waals surface area contributed by atoms with E-state index >= 15 is 0 Å². The number of benzene rings is 2. The lowest BCUT2D eigenvalue weighted by Crippen LogP contribution is -1.96. The van der Waals surface area contributed by atoms with E-state index in [2.05, 4.69) is 24.2 Å². The van der Waals surface area contributed by atoms with Crippen molar-refractivity contribution < 1.29 is 9.94 Å². The fraction of sp³-hybridized carbons (Fsp3) is 0.133. The highest BCUT2D eigenvalue weighted by Crippen LogP contribution is 2.14. The zero-order valence-electron chi connectivity index (χ0n) is 10.2. The van der Waals surface area contributed by atoms with Gasteiger partial charge in [0, 0.05) is 0 Å². The van der Waals surface area contributed by atoms with Gasteiger partial charge >= 0.3 is 0 Å². The van der Waals surface area contributed by atoms with Gasteiger partial charge in [-0.1, -0.05) is 47.1 Å². The third kappa shape index (κ3) is 3.35. The van der Waals surface area contributed by atoms with E-state index in [9.17, 15) is 0 Å². The minimum atomic E-state index is 0.529. The lowest BCUT2D eigenvalue weighted by Gasteiger charge is -2.07. The van der Waals surface area contributed by atoms with Crippen LogP contribution < -0.4 is 4.74 Å². The fourth-order valence-corrected chi connectivity index (χ4v) is 1.72. The van der Waals surface area contributed by atoms with Crippen molar-refractivity contribution in [3.8, 4) is 5.75 Å². The zero-order chi connectivity index (χ0) is 12.8. The monoisotopic (exact) mass is 241 g/mol. The van der Waals surface area contributed by atoms with Crippen LogP contribution >= 0.6 is 0 Å². The Morgan fingerprint density at radius 2 is 2.00 bits per heavy atom. The molecule has 0 heterocycles. The van der Waals surface area contributed by atoms with E-state index in [-0.39, 0.29) is 0 Å². The maximum atomic E-state index is 8.48. The van der Waals surface area contributed by atoms with Gasteiger partial charge in [0.15, 0.2) is 0 Å². The maximum absolute atomic E-state index is 8.48. The largest absolute Gasteiger partial charge is 0.489 e. The summed E-state index contributed by atoms with van der Waals surface area (Å²) in [7, 11) is 0. The summed E-state index contributed by atoms with van der Waals surface area (Å²) in [6.45, 7) is 2.59. The van der Waals surface area contributed by atoms with Crippen LogP contribution in [-0.4, -0.2) is 11.4 Å². The minimum Gasteiger partial charge on any atom is -0.489 e. The molecular formula is C15H15NO2. The molecule has 0 bridgehead atoms. The Kier molecular flexibility index (Phi) is 3.97. The molecule has 0 aromatic heterocycles. The third-order valence-electron chi connectivity index (χ3n) is 2.55. The molecule has 0 saturated carbocycles. The summed E-state index contributed by atoms with van der Waals surface area (Å²) in [4.78, 5) is 0. The summed E-state index contributed by atoms with van der Waals surface area (Å²) in [5, 5.41) is 11.5. The van der Waals surface area contributed by atoms with E-state index in [1.165, 1.54) is 11.8 Å². The van der Waals surface area contributed by atoms with Gasteiger partial charge in [-0.2, -0.15) is 0 Å². The predicted molar refractivity (Wildman–Crippen MR) is 71.3 cm³/mol. The molecule has 0 atom stereocenters. The maximum Gasteiger partial charge on any atom is 0.120 e. The van der Waals surface area contributed by atoms with Crippen molar-refractivity contribution in [3.05, 3.63) is 65.2 Å². The van der Waals surface area contributed by atoms with Gasteiger partial charge in [-0.15, -0.1) is 0 Å². The van der Waals surface area contributed by atoms with Gasteiger partial charge in [0.05, 0.1) is 6.21 Å². The van der Waals surface area contributed by atoms with Crippen LogP contribution in [-0.2, 0) is 6.61 Å². The molecule has 0 fully saturated rings. The summed E-state index contributed by atoms with van der Waals surface area (Å²) in [5.41, 5.74) is 3.16. The lowest BCUT2D eigenvalue weighted by molar-refractivity contribution is 0.306. The third-order valence-corrected chi connectivity index (χ3v) is 2.55. The Morgan fingerprint density at radius 3 is 2.78 bits per heavy atom. The average Bonchev–Trinajstić information content (AvgIpc) is 2.37. The minimum absolute atomic E-state index is 0.529. The Bertz CT molecular complexity index is 550. The van der Waals surface area contributed by atoms with Crippen LogP contribution in [0.2, 0.25) is 0 Å². The van der Waals surface area contributed by atoms with E-state index in [1.54, 1.807) is 0 Å². The lowest BCUT2D eigenvalue weighted by atomic mass is 10.1. The predicted octanol–water partition coefficient (Wildman–Crippen LogP) is 3.38. The molecule has 0 spiro atoms. The number of aryl methyl sites for hydroxylation is 1. The van der Waals surface area contributed by atoms with E-state index < -0.39 is 0 Å². The summed E-state index contributed by atoms with van der Waals surface area (Å²) in [5.74, 6) is 0.758. The average molecular weight is 241 g/mol. The molecule has 0 aliphatic heterocycles. The van der Waals surface area contributed by atoms with Crippen LogP contribution in [0.15, 0.2) is 53.7 Å². The van der Waals surface area contributed by atoms with Gasteiger partial charge in [0.2, 0.25) is 0 Å². The van der Waals surface area contributed by atoms with E-state index in [1.807, 2.05) is 36.4 Å². The first-order valence-corrected chi connectivity index (χ1v) is 5.74. The highest BCUT2D eigenvalue weighted by Gasteiger charge is 1.97. The van der Waals surface area contributed by atoms with Crippen LogP contribution in [0.5, 0.6) is 5.75 Å². The second-order valence-corrected chi connectivity index (χ2v) is 4.09. The Balaban J connectivity index is 2.04. The van der Waals surface area contributed by atoms with E-state index in [0.717, 1.165) is 16.9 Å². The molecule has 0 unspecified atom stereocenters. The molecule has 1 N–H and O–H groups in total. The first kappa shape index (κ1) is 12.2. The van der Waals surface area contributed by atoms with Crippen LogP contribution in [0, 0.1) is 6.92 Å². The van der Waals surface area contributed by atoms with Gasteiger partial charge in [0.1, 0.15) is 12.4 Å². The molecule has 0 radical (unpaired) electrons. The Hall–Kier alpha value is -2.29.